The third kappa shape index (κ3) is 2.95. The van der Waals surface area contributed by atoms with Crippen molar-refractivity contribution in [1.82, 2.24) is 9.88 Å². The maximum Gasteiger partial charge on any atom is 0.349 e. The first-order chi connectivity index (χ1) is 8.20. The molecule has 5 nitrogen and oxygen atoms in total. The lowest BCUT2D eigenvalue weighted by molar-refractivity contribution is 0.0606. The van der Waals surface area contributed by atoms with Crippen molar-refractivity contribution in [1.29, 1.82) is 0 Å². The van der Waals surface area contributed by atoms with Crippen LogP contribution in [-0.2, 0) is 4.74 Å². The van der Waals surface area contributed by atoms with E-state index in [1.807, 2.05) is 0 Å². The molecule has 94 valence electrons. The fraction of sp³-hybridized carbons (Fsp3) is 0.636. The van der Waals surface area contributed by atoms with Crippen LogP contribution < -0.4 is 5.32 Å². The third-order valence-electron chi connectivity index (χ3n) is 3.05. The van der Waals surface area contributed by atoms with E-state index in [1.54, 1.807) is 6.20 Å². The highest BCUT2D eigenvalue weighted by molar-refractivity contribution is 7.17. The first kappa shape index (κ1) is 12.3. The molecule has 1 aromatic rings. The number of hydrogen-bond donors (Lipinski definition) is 1. The molecule has 0 radical (unpaired) electrons. The van der Waals surface area contributed by atoms with Crippen LogP contribution in [0.2, 0.25) is 0 Å². The van der Waals surface area contributed by atoms with Gasteiger partial charge in [0.15, 0.2) is 5.13 Å². The number of esters is 1. The van der Waals surface area contributed by atoms with Crippen LogP contribution in [0.3, 0.4) is 0 Å². The van der Waals surface area contributed by atoms with Gasteiger partial charge in [-0.05, 0) is 26.4 Å². The van der Waals surface area contributed by atoms with E-state index in [4.69, 9.17) is 0 Å². The second kappa shape index (κ2) is 5.46. The zero-order chi connectivity index (χ0) is 12.3. The second-order valence-corrected chi connectivity index (χ2v) is 5.21. The van der Waals surface area contributed by atoms with Crippen molar-refractivity contribution in [3.63, 3.8) is 0 Å². The summed E-state index contributed by atoms with van der Waals surface area (Å²) < 4.78 is 4.64. The highest BCUT2D eigenvalue weighted by atomic mass is 32.1. The number of carbonyl (C=O) groups is 1. The number of nitrogens with zero attached hydrogens (tertiary/aromatic N) is 2. The van der Waals surface area contributed by atoms with Gasteiger partial charge in [0.05, 0.1) is 13.3 Å². The molecule has 2 rings (SSSR count). The van der Waals surface area contributed by atoms with Crippen LogP contribution in [-0.4, -0.2) is 49.1 Å². The molecule has 0 bridgehead atoms. The Balaban J connectivity index is 1.86. The van der Waals surface area contributed by atoms with E-state index in [1.165, 1.54) is 31.3 Å². The standard InChI is InChI=1S/C11H17N3O2S/c1-14-5-3-4-8(14)6-12-11-13-7-9(17-11)10(15)16-2/h7-8H,3-6H2,1-2H3,(H,12,13). The number of thiazole rings is 1. The first-order valence-corrected chi connectivity index (χ1v) is 6.50. The van der Waals surface area contributed by atoms with Gasteiger partial charge in [0.1, 0.15) is 4.88 Å². The van der Waals surface area contributed by atoms with E-state index in [9.17, 15) is 4.79 Å². The van der Waals surface area contributed by atoms with Gasteiger partial charge in [0, 0.05) is 12.6 Å². The molecule has 1 saturated heterocycles. The molecular formula is C11H17N3O2S. The molecule has 0 aliphatic carbocycles. The third-order valence-corrected chi connectivity index (χ3v) is 3.99. The highest BCUT2D eigenvalue weighted by Gasteiger charge is 2.20. The van der Waals surface area contributed by atoms with E-state index in [-0.39, 0.29) is 5.97 Å². The summed E-state index contributed by atoms with van der Waals surface area (Å²) in [5, 5.41) is 4.06. The zero-order valence-electron chi connectivity index (χ0n) is 10.1. The quantitative estimate of drug-likeness (QED) is 0.825. The van der Waals surface area contributed by atoms with Crippen molar-refractivity contribution in [2.75, 3.05) is 32.6 Å². The van der Waals surface area contributed by atoms with E-state index < -0.39 is 0 Å². The molecular weight excluding hydrogens is 238 g/mol. The smallest absolute Gasteiger partial charge is 0.349 e. The molecule has 6 heteroatoms. The first-order valence-electron chi connectivity index (χ1n) is 5.69. The maximum absolute atomic E-state index is 11.3. The predicted molar refractivity (Wildman–Crippen MR) is 67.6 cm³/mol. The Labute approximate surface area is 105 Å². The fourth-order valence-corrected chi connectivity index (χ4v) is 2.73. The summed E-state index contributed by atoms with van der Waals surface area (Å²) in [5.41, 5.74) is 0. The Morgan fingerprint density at radius 2 is 2.59 bits per heavy atom. The zero-order valence-corrected chi connectivity index (χ0v) is 10.9. The molecule has 1 unspecified atom stereocenters. The Bertz CT molecular complexity index is 394. The van der Waals surface area contributed by atoms with Gasteiger partial charge in [-0.1, -0.05) is 11.3 Å². The van der Waals surface area contributed by atoms with Crippen molar-refractivity contribution in [3.8, 4) is 0 Å². The van der Waals surface area contributed by atoms with Crippen LogP contribution >= 0.6 is 11.3 Å². The number of likely N-dealkylation sites (N-methyl/N-ethyl adjacent to an activating group) is 1. The van der Waals surface area contributed by atoms with E-state index in [0.717, 1.165) is 18.2 Å². The van der Waals surface area contributed by atoms with Gasteiger partial charge in [-0.3, -0.25) is 0 Å². The topological polar surface area (TPSA) is 54.5 Å². The average molecular weight is 255 g/mol. The molecule has 1 atom stereocenters. The molecule has 2 heterocycles. The molecule has 1 aliphatic rings. The number of methoxy groups -OCH3 is 1. The molecule has 0 spiro atoms. The summed E-state index contributed by atoms with van der Waals surface area (Å²) in [6.07, 6.45) is 4.03. The number of carbonyl (C=O) groups excluding carboxylic acids is 1. The van der Waals surface area contributed by atoms with E-state index >= 15 is 0 Å². The Morgan fingerprint density at radius 3 is 3.24 bits per heavy atom. The number of aromatic nitrogens is 1. The SMILES string of the molecule is COC(=O)c1cnc(NCC2CCCN2C)s1. The van der Waals surface area contributed by atoms with Crippen molar-refractivity contribution in [2.24, 2.45) is 0 Å². The van der Waals surface area contributed by atoms with Crippen LogP contribution in [0.4, 0.5) is 5.13 Å². The number of hydrogen-bond acceptors (Lipinski definition) is 6. The summed E-state index contributed by atoms with van der Waals surface area (Å²) in [6, 6.07) is 0.570. The predicted octanol–water partition coefficient (Wildman–Crippen LogP) is 1.44. The van der Waals surface area contributed by atoms with Crippen LogP contribution in [0, 0.1) is 0 Å². The monoisotopic (exact) mass is 255 g/mol. The Kier molecular flexibility index (Phi) is 3.96. The molecule has 0 amide bonds. The number of nitrogens with one attached hydrogen (secondary N) is 1. The number of rotatable bonds is 4. The van der Waals surface area contributed by atoms with Gasteiger partial charge in [0.2, 0.25) is 0 Å². The minimum Gasteiger partial charge on any atom is -0.465 e. The summed E-state index contributed by atoms with van der Waals surface area (Å²) in [7, 11) is 3.52. The normalized spacial score (nSPS) is 20.5. The Hall–Kier alpha value is -1.14. The number of anilines is 1. The molecule has 0 aromatic carbocycles. The van der Waals surface area contributed by atoms with Crippen LogP contribution in [0.25, 0.3) is 0 Å². The molecule has 1 fully saturated rings. The summed E-state index contributed by atoms with van der Waals surface area (Å²) in [5.74, 6) is -0.325. The molecule has 1 N–H and O–H groups in total. The molecule has 1 aliphatic heterocycles. The Morgan fingerprint density at radius 1 is 1.76 bits per heavy atom. The van der Waals surface area contributed by atoms with Gasteiger partial charge < -0.3 is 15.0 Å². The van der Waals surface area contributed by atoms with Crippen LogP contribution in [0.1, 0.15) is 22.5 Å². The van der Waals surface area contributed by atoms with Crippen LogP contribution in [0.15, 0.2) is 6.20 Å². The maximum atomic E-state index is 11.3. The summed E-state index contributed by atoms with van der Waals surface area (Å²) in [4.78, 5) is 18.3. The van der Waals surface area contributed by atoms with E-state index in [2.05, 4.69) is 27.0 Å². The molecule has 1 aromatic heterocycles. The number of ether oxygens (including phenoxy) is 1. The minimum absolute atomic E-state index is 0.325. The van der Waals surface area contributed by atoms with Gasteiger partial charge >= 0.3 is 5.97 Å². The largest absolute Gasteiger partial charge is 0.465 e. The van der Waals surface area contributed by atoms with Crippen molar-refractivity contribution >= 4 is 22.4 Å². The average Bonchev–Trinajstić information content (AvgIpc) is 2.94. The lowest BCUT2D eigenvalue weighted by atomic mass is 10.2. The van der Waals surface area contributed by atoms with Crippen molar-refractivity contribution < 1.29 is 9.53 Å². The highest BCUT2D eigenvalue weighted by Crippen LogP contribution is 2.20. The summed E-state index contributed by atoms with van der Waals surface area (Å²) in [6.45, 7) is 2.04. The lowest BCUT2D eigenvalue weighted by Gasteiger charge is -2.19. The number of likely N-dealkylation sites (tertiary alicyclic amines) is 1. The van der Waals surface area contributed by atoms with Crippen molar-refractivity contribution in [3.05, 3.63) is 11.1 Å². The minimum atomic E-state index is -0.325. The van der Waals surface area contributed by atoms with Gasteiger partial charge in [-0.25, -0.2) is 9.78 Å². The van der Waals surface area contributed by atoms with Crippen LogP contribution in [0.5, 0.6) is 0 Å². The van der Waals surface area contributed by atoms with E-state index in [0.29, 0.717) is 10.9 Å². The second-order valence-electron chi connectivity index (χ2n) is 4.18. The van der Waals surface area contributed by atoms with Gasteiger partial charge in [-0.15, -0.1) is 0 Å². The van der Waals surface area contributed by atoms with Crippen molar-refractivity contribution in [2.45, 2.75) is 18.9 Å². The molecule has 17 heavy (non-hydrogen) atoms. The lowest BCUT2D eigenvalue weighted by Crippen LogP contribution is -2.31. The van der Waals surface area contributed by atoms with Gasteiger partial charge in [-0.2, -0.15) is 0 Å². The van der Waals surface area contributed by atoms with Gasteiger partial charge in [0.25, 0.3) is 0 Å². The summed E-state index contributed by atoms with van der Waals surface area (Å²) >= 11 is 1.33. The molecule has 0 saturated carbocycles. The fourth-order valence-electron chi connectivity index (χ4n) is 1.99.